The molecule has 0 aliphatic heterocycles. The molecule has 1 amide bonds. The van der Waals surface area contributed by atoms with Gasteiger partial charge in [0.1, 0.15) is 6.33 Å². The number of nitrogen functional groups attached to an aromatic ring is 1. The second-order valence-corrected chi connectivity index (χ2v) is 4.04. The number of carbonyl (C=O) groups excluding carboxylic acids is 1. The molecule has 5 N–H and O–H groups in total. The Morgan fingerprint density at radius 3 is 2.81 bits per heavy atom. The lowest BCUT2D eigenvalue weighted by Gasteiger charge is -2.04. The maximum Gasteiger partial charge on any atom is 0.248 e. The van der Waals surface area contributed by atoms with Gasteiger partial charge in [-0.1, -0.05) is 0 Å². The summed E-state index contributed by atoms with van der Waals surface area (Å²) in [5.41, 5.74) is 11.8. The molecule has 0 radical (unpaired) electrons. The van der Waals surface area contributed by atoms with Crippen molar-refractivity contribution >= 4 is 23.4 Å². The van der Waals surface area contributed by atoms with Crippen LogP contribution >= 0.6 is 11.8 Å². The second-order valence-electron chi connectivity index (χ2n) is 3.01. The number of nitrogens with two attached hydrogens (primary N) is 2. The molecule has 2 rings (SSSR count). The summed E-state index contributed by atoms with van der Waals surface area (Å²) in [6.07, 6.45) is 1.41. The summed E-state index contributed by atoms with van der Waals surface area (Å²) in [7, 11) is 0. The third-order valence-corrected chi connectivity index (χ3v) is 2.88. The molecule has 0 bridgehead atoms. The Morgan fingerprint density at radius 2 is 2.25 bits per heavy atom. The Balaban J connectivity index is 2.26. The van der Waals surface area contributed by atoms with Crippen LogP contribution in [0.25, 0.3) is 0 Å². The molecule has 16 heavy (non-hydrogen) atoms. The van der Waals surface area contributed by atoms with Gasteiger partial charge in [-0.25, -0.2) is 4.98 Å². The van der Waals surface area contributed by atoms with Gasteiger partial charge in [0.05, 0.1) is 0 Å². The number of benzene rings is 1. The molecule has 1 aromatic carbocycles. The van der Waals surface area contributed by atoms with E-state index in [1.165, 1.54) is 18.1 Å². The molecule has 0 unspecified atom stereocenters. The highest BCUT2D eigenvalue weighted by atomic mass is 32.2. The number of amides is 1. The zero-order valence-corrected chi connectivity index (χ0v) is 8.99. The minimum absolute atomic E-state index is 0.388. The summed E-state index contributed by atoms with van der Waals surface area (Å²) in [5, 5.41) is 7.06. The van der Waals surface area contributed by atoms with Gasteiger partial charge in [0.2, 0.25) is 5.91 Å². The highest BCUT2D eigenvalue weighted by Crippen LogP contribution is 2.29. The maximum atomic E-state index is 10.9. The van der Waals surface area contributed by atoms with Crippen molar-refractivity contribution in [3.05, 3.63) is 30.1 Å². The van der Waals surface area contributed by atoms with Crippen LogP contribution in [-0.4, -0.2) is 21.1 Å². The van der Waals surface area contributed by atoms with Gasteiger partial charge in [-0.3, -0.25) is 9.89 Å². The molecule has 0 fully saturated rings. The molecule has 0 spiro atoms. The molecule has 0 atom stereocenters. The average Bonchev–Trinajstić information content (AvgIpc) is 2.73. The number of anilines is 1. The molecule has 0 saturated heterocycles. The number of aromatic amines is 1. The number of aromatic nitrogens is 3. The van der Waals surface area contributed by atoms with Gasteiger partial charge in [-0.2, -0.15) is 5.10 Å². The van der Waals surface area contributed by atoms with Crippen molar-refractivity contribution in [2.24, 2.45) is 5.73 Å². The number of hydrogen-bond acceptors (Lipinski definition) is 5. The zero-order chi connectivity index (χ0) is 11.5. The van der Waals surface area contributed by atoms with Crippen molar-refractivity contribution in [2.45, 2.75) is 10.1 Å². The molecule has 0 aliphatic carbocycles. The Bertz CT molecular complexity index is 511. The van der Waals surface area contributed by atoms with Crippen molar-refractivity contribution in [1.29, 1.82) is 0 Å². The minimum Gasteiger partial charge on any atom is -0.398 e. The fourth-order valence-electron chi connectivity index (χ4n) is 1.14. The van der Waals surface area contributed by atoms with E-state index < -0.39 is 5.91 Å². The third-order valence-electron chi connectivity index (χ3n) is 1.89. The average molecular weight is 235 g/mol. The molecule has 1 aromatic heterocycles. The molecular weight excluding hydrogens is 226 g/mol. The number of hydrogen-bond donors (Lipinski definition) is 3. The van der Waals surface area contributed by atoms with E-state index in [2.05, 4.69) is 15.2 Å². The van der Waals surface area contributed by atoms with Crippen LogP contribution in [0.3, 0.4) is 0 Å². The van der Waals surface area contributed by atoms with Gasteiger partial charge < -0.3 is 11.5 Å². The first-order chi connectivity index (χ1) is 7.66. The topological polar surface area (TPSA) is 111 Å². The van der Waals surface area contributed by atoms with Crippen molar-refractivity contribution < 1.29 is 4.79 Å². The van der Waals surface area contributed by atoms with E-state index in [1.807, 2.05) is 0 Å². The lowest BCUT2D eigenvalue weighted by atomic mass is 10.2. The largest absolute Gasteiger partial charge is 0.398 e. The number of nitrogens with zero attached hydrogens (tertiary/aromatic N) is 2. The maximum absolute atomic E-state index is 10.9. The van der Waals surface area contributed by atoms with Crippen molar-refractivity contribution in [3.8, 4) is 0 Å². The van der Waals surface area contributed by atoms with Gasteiger partial charge in [-0.15, -0.1) is 0 Å². The molecular formula is C9H9N5OS. The number of nitrogens with one attached hydrogen (secondary N) is 1. The Kier molecular flexibility index (Phi) is 2.78. The molecule has 6 nitrogen and oxygen atoms in total. The monoisotopic (exact) mass is 235 g/mol. The van der Waals surface area contributed by atoms with Crippen LogP contribution in [0.1, 0.15) is 10.4 Å². The van der Waals surface area contributed by atoms with Crippen molar-refractivity contribution in [1.82, 2.24) is 15.2 Å². The van der Waals surface area contributed by atoms with Crippen LogP contribution in [0.5, 0.6) is 0 Å². The first-order valence-electron chi connectivity index (χ1n) is 4.39. The van der Waals surface area contributed by atoms with E-state index in [0.717, 1.165) is 4.90 Å². The first kappa shape index (κ1) is 10.5. The van der Waals surface area contributed by atoms with Gasteiger partial charge in [-0.05, 0) is 30.0 Å². The van der Waals surface area contributed by atoms with Gasteiger partial charge in [0, 0.05) is 16.1 Å². The fraction of sp³-hybridized carbons (Fsp3) is 0. The predicted octanol–water partition coefficient (Wildman–Crippen LogP) is 0.637. The predicted molar refractivity (Wildman–Crippen MR) is 59.9 cm³/mol. The normalized spacial score (nSPS) is 10.2. The van der Waals surface area contributed by atoms with Crippen molar-refractivity contribution in [2.75, 3.05) is 5.73 Å². The van der Waals surface area contributed by atoms with Gasteiger partial charge >= 0.3 is 0 Å². The molecule has 0 aliphatic rings. The summed E-state index contributed by atoms with van der Waals surface area (Å²) < 4.78 is 0. The smallest absolute Gasteiger partial charge is 0.248 e. The zero-order valence-electron chi connectivity index (χ0n) is 8.18. The summed E-state index contributed by atoms with van der Waals surface area (Å²) in [4.78, 5) is 15.7. The SMILES string of the molecule is NC(=O)c1ccc(Sc2ncn[nH]2)c(N)c1. The summed E-state index contributed by atoms with van der Waals surface area (Å²) in [6, 6.07) is 4.89. The van der Waals surface area contributed by atoms with Gasteiger partial charge in [0.15, 0.2) is 5.16 Å². The number of primary amides is 1. The van der Waals surface area contributed by atoms with Crippen LogP contribution < -0.4 is 11.5 Å². The number of rotatable bonds is 3. The molecule has 2 aromatic rings. The standard InChI is InChI=1S/C9H9N5OS/c10-6-3-5(8(11)15)1-2-7(6)16-9-12-4-13-14-9/h1-4H,10H2,(H2,11,15)(H,12,13,14). The van der Waals surface area contributed by atoms with Crippen LogP contribution in [0.15, 0.2) is 34.6 Å². The molecule has 7 heteroatoms. The van der Waals surface area contributed by atoms with Crippen LogP contribution in [0.4, 0.5) is 5.69 Å². The van der Waals surface area contributed by atoms with Crippen LogP contribution in [0, 0.1) is 0 Å². The molecule has 82 valence electrons. The minimum atomic E-state index is -0.497. The highest BCUT2D eigenvalue weighted by molar-refractivity contribution is 7.99. The summed E-state index contributed by atoms with van der Waals surface area (Å²) >= 11 is 1.34. The third kappa shape index (κ3) is 2.14. The lowest BCUT2D eigenvalue weighted by molar-refractivity contribution is 0.100. The quantitative estimate of drug-likeness (QED) is 0.676. The molecule has 1 heterocycles. The Hall–Kier alpha value is -2.02. The fourth-order valence-corrected chi connectivity index (χ4v) is 1.86. The second kappa shape index (κ2) is 4.23. The van der Waals surface area contributed by atoms with E-state index in [9.17, 15) is 4.79 Å². The Morgan fingerprint density at radius 1 is 1.44 bits per heavy atom. The summed E-state index contributed by atoms with van der Waals surface area (Å²) in [5.74, 6) is -0.497. The van der Waals surface area contributed by atoms with E-state index >= 15 is 0 Å². The lowest BCUT2D eigenvalue weighted by Crippen LogP contribution is -2.11. The van der Waals surface area contributed by atoms with E-state index in [4.69, 9.17) is 11.5 Å². The van der Waals surface area contributed by atoms with Crippen molar-refractivity contribution in [3.63, 3.8) is 0 Å². The number of H-pyrrole nitrogens is 1. The van der Waals surface area contributed by atoms with Crippen LogP contribution in [0.2, 0.25) is 0 Å². The summed E-state index contributed by atoms with van der Waals surface area (Å²) in [6.45, 7) is 0. The van der Waals surface area contributed by atoms with E-state index in [0.29, 0.717) is 16.4 Å². The van der Waals surface area contributed by atoms with E-state index in [1.54, 1.807) is 18.2 Å². The first-order valence-corrected chi connectivity index (χ1v) is 5.21. The van der Waals surface area contributed by atoms with E-state index in [-0.39, 0.29) is 0 Å². The Labute approximate surface area is 95.4 Å². The van der Waals surface area contributed by atoms with Crippen LogP contribution in [-0.2, 0) is 0 Å². The highest BCUT2D eigenvalue weighted by Gasteiger charge is 2.07. The number of carbonyl (C=O) groups is 1. The van der Waals surface area contributed by atoms with Gasteiger partial charge in [0.25, 0.3) is 0 Å². The molecule has 0 saturated carbocycles.